The quantitative estimate of drug-likeness (QED) is 0.560. The minimum absolute atomic E-state index is 0. The Morgan fingerprint density at radius 1 is 0.625 bits per heavy atom. The Morgan fingerprint density at radius 3 is 1.25 bits per heavy atom. The van der Waals surface area contributed by atoms with Crippen LogP contribution in [0.5, 0.6) is 0 Å². The largest absolute Gasteiger partial charge is 0.275 e. The summed E-state index contributed by atoms with van der Waals surface area (Å²) in [5.41, 5.74) is 0. The van der Waals surface area contributed by atoms with E-state index in [-0.39, 0.29) is 20.4 Å². The Kier molecular flexibility index (Phi) is 5.45. The SMILES string of the molecule is Cl[P+](Cl)(c1ccccc1)c1ccccc1.[Pd]. The van der Waals surface area contributed by atoms with Crippen molar-refractivity contribution in [1.29, 1.82) is 0 Å². The van der Waals surface area contributed by atoms with E-state index in [1.54, 1.807) is 0 Å². The third-order valence-corrected chi connectivity index (χ3v) is 6.40. The molecule has 86 valence electrons. The fourth-order valence-electron chi connectivity index (χ4n) is 1.38. The normalized spacial score (nSPS) is 10.6. The molecule has 0 radical (unpaired) electrons. The summed E-state index contributed by atoms with van der Waals surface area (Å²) in [6, 6.07) is 19.6. The van der Waals surface area contributed by atoms with Crippen LogP contribution >= 0.6 is 28.4 Å². The molecule has 0 atom stereocenters. The molecule has 0 aliphatic carbocycles. The predicted molar refractivity (Wildman–Crippen MR) is 70.8 cm³/mol. The van der Waals surface area contributed by atoms with Crippen molar-refractivity contribution in [3.8, 4) is 0 Å². The van der Waals surface area contributed by atoms with Gasteiger partial charge in [0.25, 0.3) is 5.97 Å². The van der Waals surface area contributed by atoms with Crippen molar-refractivity contribution in [2.75, 3.05) is 0 Å². The van der Waals surface area contributed by atoms with Crippen molar-refractivity contribution in [1.82, 2.24) is 0 Å². The van der Waals surface area contributed by atoms with Gasteiger partial charge in [0, 0.05) is 20.4 Å². The van der Waals surface area contributed by atoms with Crippen LogP contribution in [0.4, 0.5) is 0 Å². The zero-order valence-corrected chi connectivity index (χ0v) is 12.3. The molecule has 0 spiro atoms. The Morgan fingerprint density at radius 2 is 0.938 bits per heavy atom. The van der Waals surface area contributed by atoms with Crippen molar-refractivity contribution < 1.29 is 20.4 Å². The topological polar surface area (TPSA) is 0 Å². The first-order valence-corrected chi connectivity index (χ1v) is 8.21. The van der Waals surface area contributed by atoms with Crippen molar-refractivity contribution in [3.63, 3.8) is 0 Å². The van der Waals surface area contributed by atoms with Crippen LogP contribution < -0.4 is 10.6 Å². The summed E-state index contributed by atoms with van der Waals surface area (Å²) in [7, 11) is 0. The molecular formula is C12H10Cl2PPd+. The average molecular weight is 363 g/mol. The number of hydrogen-bond donors (Lipinski definition) is 0. The van der Waals surface area contributed by atoms with Gasteiger partial charge in [-0.25, -0.2) is 0 Å². The fourth-order valence-corrected chi connectivity index (χ4v) is 4.12. The van der Waals surface area contributed by atoms with Gasteiger partial charge in [0.1, 0.15) is 33.1 Å². The van der Waals surface area contributed by atoms with Gasteiger partial charge in [-0.3, -0.25) is 0 Å². The van der Waals surface area contributed by atoms with Crippen LogP contribution in [0.1, 0.15) is 0 Å². The molecular weight excluding hydrogens is 352 g/mol. The molecule has 0 amide bonds. The van der Waals surface area contributed by atoms with Gasteiger partial charge >= 0.3 is 0 Å². The van der Waals surface area contributed by atoms with Gasteiger partial charge in [0.05, 0.1) is 0 Å². The Balaban J connectivity index is 0.00000128. The van der Waals surface area contributed by atoms with Crippen LogP contribution in [0.2, 0.25) is 0 Å². The molecule has 2 aromatic carbocycles. The Hall–Kier alpha value is 0.112. The van der Waals surface area contributed by atoms with E-state index in [2.05, 4.69) is 0 Å². The van der Waals surface area contributed by atoms with Gasteiger partial charge in [0.2, 0.25) is 0 Å². The first-order valence-electron chi connectivity index (χ1n) is 4.61. The first-order chi connectivity index (χ1) is 7.21. The van der Waals surface area contributed by atoms with Crippen LogP contribution in [0.15, 0.2) is 60.7 Å². The molecule has 0 saturated carbocycles. The van der Waals surface area contributed by atoms with Crippen LogP contribution in [0.25, 0.3) is 0 Å². The van der Waals surface area contributed by atoms with Crippen LogP contribution in [-0.2, 0) is 20.4 Å². The maximum atomic E-state index is 6.46. The summed E-state index contributed by atoms with van der Waals surface area (Å²) in [4.78, 5) is 0. The molecule has 0 fully saturated rings. The minimum Gasteiger partial charge on any atom is -0.0620 e. The molecule has 2 rings (SSSR count). The smallest absolute Gasteiger partial charge is 0.0620 e. The van der Waals surface area contributed by atoms with E-state index in [9.17, 15) is 0 Å². The molecule has 16 heavy (non-hydrogen) atoms. The second-order valence-electron chi connectivity index (χ2n) is 3.18. The van der Waals surface area contributed by atoms with Crippen molar-refractivity contribution in [2.24, 2.45) is 0 Å². The van der Waals surface area contributed by atoms with E-state index in [1.165, 1.54) is 0 Å². The molecule has 0 aliphatic rings. The summed E-state index contributed by atoms with van der Waals surface area (Å²) < 4.78 is 0. The molecule has 0 aliphatic heterocycles. The predicted octanol–water partition coefficient (Wildman–Crippen LogP) is 3.96. The van der Waals surface area contributed by atoms with Gasteiger partial charge in [0.15, 0.2) is 0 Å². The molecule has 0 unspecified atom stereocenters. The van der Waals surface area contributed by atoms with Gasteiger partial charge in [-0.1, -0.05) is 36.4 Å². The second kappa shape index (κ2) is 6.16. The van der Waals surface area contributed by atoms with Crippen molar-refractivity contribution in [2.45, 2.75) is 0 Å². The Bertz CT molecular complexity index is 390. The number of benzene rings is 2. The molecule has 0 N–H and O–H groups in total. The van der Waals surface area contributed by atoms with Crippen molar-refractivity contribution >= 4 is 39.1 Å². The molecule has 0 aromatic heterocycles. The van der Waals surface area contributed by atoms with E-state index >= 15 is 0 Å². The molecule has 2 aromatic rings. The standard InChI is InChI=1S/C12H10Cl2P.Pd/c13-15(14,11-7-3-1-4-8-11)12-9-5-2-6-10-12;/h1-10H;/q+1;. The molecule has 0 heterocycles. The van der Waals surface area contributed by atoms with E-state index in [0.29, 0.717) is 0 Å². The monoisotopic (exact) mass is 361 g/mol. The summed E-state index contributed by atoms with van der Waals surface area (Å²) in [6.45, 7) is 0. The van der Waals surface area contributed by atoms with Gasteiger partial charge in [-0.2, -0.15) is 0 Å². The molecule has 0 bridgehead atoms. The Labute approximate surface area is 120 Å². The van der Waals surface area contributed by atoms with Crippen LogP contribution in [0.3, 0.4) is 0 Å². The summed E-state index contributed by atoms with van der Waals surface area (Å²) in [5, 5.41) is 2.00. The minimum atomic E-state index is -2.20. The maximum Gasteiger partial charge on any atom is 0.275 e. The van der Waals surface area contributed by atoms with E-state index in [1.807, 2.05) is 60.7 Å². The summed E-state index contributed by atoms with van der Waals surface area (Å²) in [5.74, 6) is -2.20. The van der Waals surface area contributed by atoms with E-state index < -0.39 is 5.97 Å². The average Bonchev–Trinajstić information content (AvgIpc) is 2.31. The van der Waals surface area contributed by atoms with Crippen LogP contribution in [-0.4, -0.2) is 0 Å². The second-order valence-corrected chi connectivity index (χ2v) is 8.81. The molecule has 0 nitrogen and oxygen atoms in total. The number of rotatable bonds is 2. The summed E-state index contributed by atoms with van der Waals surface area (Å²) in [6.07, 6.45) is 0. The zero-order valence-electron chi connectivity index (χ0n) is 8.29. The van der Waals surface area contributed by atoms with E-state index in [0.717, 1.165) is 10.6 Å². The fraction of sp³-hybridized carbons (Fsp3) is 0. The van der Waals surface area contributed by atoms with E-state index in [4.69, 9.17) is 22.5 Å². The number of hydrogen-bond acceptors (Lipinski definition) is 0. The third-order valence-electron chi connectivity index (χ3n) is 2.16. The van der Waals surface area contributed by atoms with Gasteiger partial charge in [-0.15, -0.1) is 0 Å². The molecule has 4 heteroatoms. The van der Waals surface area contributed by atoms with Gasteiger partial charge < -0.3 is 0 Å². The van der Waals surface area contributed by atoms with Crippen molar-refractivity contribution in [3.05, 3.63) is 60.7 Å². The van der Waals surface area contributed by atoms with Gasteiger partial charge in [-0.05, 0) is 24.3 Å². The third kappa shape index (κ3) is 3.07. The van der Waals surface area contributed by atoms with Crippen LogP contribution in [0, 0.1) is 0 Å². The molecule has 0 saturated heterocycles. The zero-order chi connectivity index (χ0) is 10.7. The number of halogens is 2. The maximum absolute atomic E-state index is 6.46. The summed E-state index contributed by atoms with van der Waals surface area (Å²) >= 11 is 12.9. The first kappa shape index (κ1) is 14.2.